The van der Waals surface area contributed by atoms with Gasteiger partial charge in [0.25, 0.3) is 0 Å². The van der Waals surface area contributed by atoms with E-state index in [1.54, 1.807) is 0 Å². The Morgan fingerprint density at radius 2 is 2.50 bits per heavy atom. The van der Waals surface area contributed by atoms with Crippen molar-refractivity contribution in [1.29, 1.82) is 0 Å². The standard InChI is InChI=1S/C7H14N2O/c1-5(8)7-3-2-6(9)4-10-7/h3,5-6H,2,4,8-9H2,1H3/t5-,6-/m1/s1. The Morgan fingerprint density at radius 1 is 1.80 bits per heavy atom. The second-order valence-corrected chi connectivity index (χ2v) is 2.70. The topological polar surface area (TPSA) is 61.3 Å². The maximum absolute atomic E-state index is 5.59. The summed E-state index contributed by atoms with van der Waals surface area (Å²) >= 11 is 0. The van der Waals surface area contributed by atoms with E-state index in [-0.39, 0.29) is 12.1 Å². The molecule has 1 aliphatic rings. The van der Waals surface area contributed by atoms with Crippen molar-refractivity contribution in [2.45, 2.75) is 25.4 Å². The first-order chi connectivity index (χ1) is 4.70. The summed E-state index contributed by atoms with van der Waals surface area (Å²) in [6, 6.07) is 0.162. The third-order valence-electron chi connectivity index (χ3n) is 1.53. The molecule has 0 bridgehead atoms. The molecule has 2 atom stereocenters. The summed E-state index contributed by atoms with van der Waals surface area (Å²) in [6.07, 6.45) is 2.86. The van der Waals surface area contributed by atoms with E-state index in [2.05, 4.69) is 0 Å². The molecule has 3 nitrogen and oxygen atoms in total. The van der Waals surface area contributed by atoms with Crippen LogP contribution < -0.4 is 11.5 Å². The highest BCUT2D eigenvalue weighted by atomic mass is 16.5. The van der Waals surface area contributed by atoms with Crippen molar-refractivity contribution in [3.63, 3.8) is 0 Å². The average molecular weight is 142 g/mol. The lowest BCUT2D eigenvalue weighted by molar-refractivity contribution is 0.163. The first kappa shape index (κ1) is 7.57. The normalized spacial score (nSPS) is 28.7. The van der Waals surface area contributed by atoms with Gasteiger partial charge in [-0.25, -0.2) is 0 Å². The Kier molecular flexibility index (Phi) is 2.29. The third-order valence-corrected chi connectivity index (χ3v) is 1.53. The summed E-state index contributed by atoms with van der Waals surface area (Å²) in [4.78, 5) is 0. The highest BCUT2D eigenvalue weighted by Gasteiger charge is 2.13. The van der Waals surface area contributed by atoms with E-state index >= 15 is 0 Å². The van der Waals surface area contributed by atoms with Crippen LogP contribution in [0.4, 0.5) is 0 Å². The summed E-state index contributed by atoms with van der Waals surface area (Å²) in [5, 5.41) is 0. The first-order valence-electron chi connectivity index (χ1n) is 3.54. The average Bonchev–Trinajstić information content (AvgIpc) is 1.88. The molecule has 4 N–H and O–H groups in total. The van der Waals surface area contributed by atoms with E-state index in [4.69, 9.17) is 16.2 Å². The second-order valence-electron chi connectivity index (χ2n) is 2.70. The van der Waals surface area contributed by atoms with Crippen molar-refractivity contribution < 1.29 is 4.74 Å². The van der Waals surface area contributed by atoms with Gasteiger partial charge in [-0.2, -0.15) is 0 Å². The van der Waals surface area contributed by atoms with Gasteiger partial charge in [-0.1, -0.05) is 0 Å². The molecule has 0 radical (unpaired) electrons. The lowest BCUT2D eigenvalue weighted by Gasteiger charge is -2.21. The van der Waals surface area contributed by atoms with E-state index in [1.165, 1.54) is 0 Å². The molecule has 0 aromatic heterocycles. The van der Waals surface area contributed by atoms with Crippen molar-refractivity contribution in [2.24, 2.45) is 11.5 Å². The maximum atomic E-state index is 5.59. The summed E-state index contributed by atoms with van der Waals surface area (Å²) < 4.78 is 5.26. The molecule has 0 aliphatic carbocycles. The van der Waals surface area contributed by atoms with Gasteiger partial charge in [-0.05, 0) is 19.4 Å². The van der Waals surface area contributed by atoms with Crippen LogP contribution >= 0.6 is 0 Å². The van der Waals surface area contributed by atoms with Crippen LogP contribution in [0.1, 0.15) is 13.3 Å². The molecule has 0 saturated heterocycles. The monoisotopic (exact) mass is 142 g/mol. The van der Waals surface area contributed by atoms with Gasteiger partial charge in [-0.3, -0.25) is 0 Å². The van der Waals surface area contributed by atoms with Gasteiger partial charge in [0, 0.05) is 6.04 Å². The molecule has 1 aliphatic heterocycles. The van der Waals surface area contributed by atoms with Gasteiger partial charge in [0.2, 0.25) is 0 Å². The second kappa shape index (κ2) is 3.03. The van der Waals surface area contributed by atoms with Crippen LogP contribution in [0.5, 0.6) is 0 Å². The van der Waals surface area contributed by atoms with Crippen LogP contribution in [-0.2, 0) is 4.74 Å². The van der Waals surface area contributed by atoms with Crippen LogP contribution in [0.15, 0.2) is 11.8 Å². The summed E-state index contributed by atoms with van der Waals surface area (Å²) in [6.45, 7) is 2.51. The minimum Gasteiger partial charge on any atom is -0.495 e. The van der Waals surface area contributed by atoms with Crippen LogP contribution in [0.3, 0.4) is 0 Å². The molecular formula is C7H14N2O. The summed E-state index contributed by atoms with van der Waals surface area (Å²) in [5.74, 6) is 0.877. The molecule has 0 fully saturated rings. The predicted octanol–water partition coefficient (Wildman–Crippen LogP) is -0.0349. The van der Waals surface area contributed by atoms with Gasteiger partial charge in [-0.15, -0.1) is 0 Å². The molecule has 0 aromatic rings. The highest BCUT2D eigenvalue weighted by molar-refractivity contribution is 5.04. The number of hydrogen-bond donors (Lipinski definition) is 2. The number of hydrogen-bond acceptors (Lipinski definition) is 3. The van der Waals surface area contributed by atoms with E-state index in [1.807, 2.05) is 13.0 Å². The Morgan fingerprint density at radius 3 is 2.90 bits per heavy atom. The minimum atomic E-state index is 0.00694. The Hall–Kier alpha value is -0.540. The van der Waals surface area contributed by atoms with Crippen molar-refractivity contribution in [2.75, 3.05) is 6.61 Å². The molecule has 10 heavy (non-hydrogen) atoms. The fraction of sp³-hybridized carbons (Fsp3) is 0.714. The molecule has 0 spiro atoms. The zero-order valence-corrected chi connectivity index (χ0v) is 6.21. The van der Waals surface area contributed by atoms with Crippen LogP contribution in [0, 0.1) is 0 Å². The van der Waals surface area contributed by atoms with Crippen LogP contribution in [-0.4, -0.2) is 18.7 Å². The zero-order chi connectivity index (χ0) is 7.56. The van der Waals surface area contributed by atoms with Crippen molar-refractivity contribution in [3.05, 3.63) is 11.8 Å². The fourth-order valence-electron chi connectivity index (χ4n) is 0.915. The summed E-state index contributed by atoms with van der Waals surface area (Å²) in [5.41, 5.74) is 11.2. The minimum absolute atomic E-state index is 0.00694. The van der Waals surface area contributed by atoms with Crippen molar-refractivity contribution in [1.82, 2.24) is 0 Å². The van der Waals surface area contributed by atoms with Crippen LogP contribution in [0.2, 0.25) is 0 Å². The quantitative estimate of drug-likeness (QED) is 0.540. The molecule has 1 rings (SSSR count). The molecular weight excluding hydrogens is 128 g/mol. The SMILES string of the molecule is C[C@@H](N)C1=CC[C@@H](N)CO1. The van der Waals surface area contributed by atoms with Crippen molar-refractivity contribution >= 4 is 0 Å². The highest BCUT2D eigenvalue weighted by Crippen LogP contribution is 2.10. The van der Waals surface area contributed by atoms with E-state index in [0.29, 0.717) is 6.61 Å². The van der Waals surface area contributed by atoms with Gasteiger partial charge in [0.1, 0.15) is 12.4 Å². The third kappa shape index (κ3) is 1.72. The van der Waals surface area contributed by atoms with E-state index in [9.17, 15) is 0 Å². The Bertz CT molecular complexity index is 143. The van der Waals surface area contributed by atoms with Crippen molar-refractivity contribution in [3.8, 4) is 0 Å². The Labute approximate surface area is 61.0 Å². The molecule has 0 saturated carbocycles. The predicted molar refractivity (Wildman–Crippen MR) is 40.3 cm³/mol. The largest absolute Gasteiger partial charge is 0.495 e. The van der Waals surface area contributed by atoms with E-state index < -0.39 is 0 Å². The number of rotatable bonds is 1. The smallest absolute Gasteiger partial charge is 0.109 e. The molecule has 0 amide bonds. The first-order valence-corrected chi connectivity index (χ1v) is 3.54. The lowest BCUT2D eigenvalue weighted by Crippen LogP contribution is -2.32. The van der Waals surface area contributed by atoms with Gasteiger partial charge in [0.15, 0.2) is 0 Å². The van der Waals surface area contributed by atoms with E-state index in [0.717, 1.165) is 12.2 Å². The molecule has 0 aromatic carbocycles. The molecule has 3 heteroatoms. The van der Waals surface area contributed by atoms with Gasteiger partial charge >= 0.3 is 0 Å². The van der Waals surface area contributed by atoms with Gasteiger partial charge < -0.3 is 16.2 Å². The Balaban J connectivity index is 2.48. The fourth-order valence-corrected chi connectivity index (χ4v) is 0.915. The lowest BCUT2D eigenvalue weighted by atomic mass is 10.1. The van der Waals surface area contributed by atoms with Gasteiger partial charge in [0.05, 0.1) is 6.04 Å². The van der Waals surface area contributed by atoms with Crippen LogP contribution in [0.25, 0.3) is 0 Å². The maximum Gasteiger partial charge on any atom is 0.109 e. The number of ether oxygens (including phenoxy) is 1. The number of nitrogens with two attached hydrogens (primary N) is 2. The summed E-state index contributed by atoms with van der Waals surface area (Å²) in [7, 11) is 0. The molecule has 58 valence electrons. The zero-order valence-electron chi connectivity index (χ0n) is 6.21. The molecule has 0 unspecified atom stereocenters. The molecule has 1 heterocycles.